The lowest BCUT2D eigenvalue weighted by Gasteiger charge is -2.72. The van der Waals surface area contributed by atoms with Gasteiger partial charge in [-0.2, -0.15) is 4.37 Å². The van der Waals surface area contributed by atoms with Crippen molar-refractivity contribution >= 4 is 37.4 Å². The van der Waals surface area contributed by atoms with E-state index in [0.717, 1.165) is 36.0 Å². The molecule has 1 aromatic carbocycles. The van der Waals surface area contributed by atoms with Crippen LogP contribution in [0.5, 0.6) is 5.88 Å². The molecule has 2 heterocycles. The summed E-state index contributed by atoms with van der Waals surface area (Å²) in [5.41, 5.74) is 4.51. The Morgan fingerprint density at radius 1 is 0.935 bits per heavy atom. The molecule has 7 aliphatic rings. The quantitative estimate of drug-likeness (QED) is 0.176. The van der Waals surface area contributed by atoms with Gasteiger partial charge in [0.15, 0.2) is 9.84 Å². The average Bonchev–Trinajstić information content (AvgIpc) is 3.83. The van der Waals surface area contributed by atoms with E-state index in [0.29, 0.717) is 79.5 Å². The molecule has 2 aromatic rings. The molecule has 5 fully saturated rings. The van der Waals surface area contributed by atoms with Gasteiger partial charge in [-0.25, -0.2) is 8.42 Å². The van der Waals surface area contributed by atoms with Crippen LogP contribution >= 0.6 is 11.5 Å². The van der Waals surface area contributed by atoms with Gasteiger partial charge in [0, 0.05) is 31.7 Å². The van der Waals surface area contributed by atoms with E-state index in [9.17, 15) is 13.2 Å². The van der Waals surface area contributed by atoms with Crippen molar-refractivity contribution in [1.82, 2.24) is 14.6 Å². The minimum Gasteiger partial charge on any atom is -0.475 e. The van der Waals surface area contributed by atoms with Crippen molar-refractivity contribution < 1.29 is 22.7 Å². The van der Waals surface area contributed by atoms with E-state index < -0.39 is 15.3 Å². The highest BCUT2D eigenvalue weighted by atomic mass is 32.2. The SMILES string of the molecule is C=C(C)[C@@H]1CC[C@]2(NCCN3CCS(=O)(=O)CC3)CC[C@]3(C)C(CCC4[C@@]5(C)CC=C(C6=CCC(COc7nsc8ccccc78)(C(=O)OCC)CC6)C(C)(C)C5CC[C@]43C)C12. The van der Waals surface area contributed by atoms with Gasteiger partial charge in [-0.1, -0.05) is 71.1 Å². The van der Waals surface area contributed by atoms with Crippen molar-refractivity contribution in [2.24, 2.45) is 56.7 Å². The van der Waals surface area contributed by atoms with Gasteiger partial charge in [-0.05, 0) is 177 Å². The summed E-state index contributed by atoms with van der Waals surface area (Å²) in [6.07, 6.45) is 18.4. The van der Waals surface area contributed by atoms with Crippen molar-refractivity contribution in [3.8, 4) is 5.88 Å². The topological polar surface area (TPSA) is 97.8 Å². The molecule has 1 aromatic heterocycles. The van der Waals surface area contributed by atoms with Crippen molar-refractivity contribution in [2.75, 3.05) is 50.9 Å². The number of rotatable bonds is 11. The van der Waals surface area contributed by atoms with E-state index >= 15 is 0 Å². The third-order valence-corrected chi connectivity index (χ3v) is 21.9. The van der Waals surface area contributed by atoms with Gasteiger partial charge in [0.05, 0.1) is 28.2 Å². The Labute approximate surface area is 377 Å². The largest absolute Gasteiger partial charge is 0.475 e. The molecule has 0 radical (unpaired) electrons. The number of benzene rings is 1. The first kappa shape index (κ1) is 44.7. The Morgan fingerprint density at radius 2 is 1.71 bits per heavy atom. The van der Waals surface area contributed by atoms with Crippen LogP contribution in [0.2, 0.25) is 0 Å². The second-order valence-corrected chi connectivity index (χ2v) is 25.6. The number of aromatic nitrogens is 1. The molecular weight excluding hydrogens is 811 g/mol. The van der Waals surface area contributed by atoms with Crippen LogP contribution in [0.25, 0.3) is 10.1 Å². The molecule has 0 amide bonds. The third kappa shape index (κ3) is 7.12. The average molecular weight is 886 g/mol. The van der Waals surface area contributed by atoms with Gasteiger partial charge in [-0.15, -0.1) is 0 Å². The first-order valence-corrected chi connectivity index (χ1v) is 26.9. The highest BCUT2D eigenvalue weighted by Crippen LogP contribution is 2.76. The number of nitrogens with one attached hydrogen (secondary N) is 1. The fourth-order valence-corrected chi connectivity index (χ4v) is 18.0. The molecule has 6 aliphatic carbocycles. The molecule has 0 spiro atoms. The number of sulfone groups is 1. The van der Waals surface area contributed by atoms with Gasteiger partial charge >= 0.3 is 5.97 Å². The van der Waals surface area contributed by atoms with Crippen LogP contribution in [0.4, 0.5) is 0 Å². The Bertz CT molecular complexity index is 2230. The summed E-state index contributed by atoms with van der Waals surface area (Å²) >= 11 is 1.44. The Kier molecular flexibility index (Phi) is 11.6. The van der Waals surface area contributed by atoms with E-state index in [4.69, 9.17) is 9.47 Å². The molecule has 9 rings (SSSR count). The molecule has 10 atom stereocenters. The number of carbonyl (C=O) groups excluding carboxylic acids is 1. The second-order valence-electron chi connectivity index (χ2n) is 22.5. The van der Waals surface area contributed by atoms with E-state index in [2.05, 4.69) is 80.9 Å². The Balaban J connectivity index is 0.936. The van der Waals surface area contributed by atoms with Gasteiger partial charge in [0.25, 0.3) is 0 Å². The van der Waals surface area contributed by atoms with Crippen LogP contribution < -0.4 is 10.1 Å². The highest BCUT2D eigenvalue weighted by Gasteiger charge is 2.70. The number of esters is 1. The highest BCUT2D eigenvalue weighted by molar-refractivity contribution is 7.91. The predicted molar refractivity (Wildman–Crippen MR) is 252 cm³/mol. The second kappa shape index (κ2) is 16.1. The Hall–Kier alpha value is -2.53. The number of ether oxygens (including phenoxy) is 2. The predicted octanol–water partition coefficient (Wildman–Crippen LogP) is 10.6. The standard InChI is InChI=1S/C52H75N3O5S2/c1-9-59-46(56)51(34-60-45-38-12-10-11-13-41(38)61-54-45)23-16-36(17-24-51)39-19-21-48(6)42(47(39,4)5)20-22-50(8)43(48)15-14-40-44-37(35(2)3)18-25-52(44,27-26-49(40,50)7)53-28-29-55-30-32-62(57,58)33-31-55/h10-13,16,19,37,40,42-44,53H,2,9,14-15,17-18,20-34H2,1,3-8H3/t37-,40?,42?,43?,44?,48-,49+,50+,51?,52-/m0/s1. The maximum absolute atomic E-state index is 13.7. The van der Waals surface area contributed by atoms with Crippen LogP contribution in [0, 0.1) is 56.7 Å². The molecule has 10 heteroatoms. The smallest absolute Gasteiger partial charge is 0.315 e. The van der Waals surface area contributed by atoms with Crippen molar-refractivity contribution in [1.29, 1.82) is 0 Å². The molecule has 340 valence electrons. The molecule has 1 saturated heterocycles. The van der Waals surface area contributed by atoms with E-state index in [1.807, 2.05) is 25.1 Å². The lowest BCUT2D eigenvalue weighted by atomic mass is 9.33. The summed E-state index contributed by atoms with van der Waals surface area (Å²) < 4.78 is 42.1. The lowest BCUT2D eigenvalue weighted by Crippen LogP contribution is -2.68. The van der Waals surface area contributed by atoms with Crippen molar-refractivity contribution in [2.45, 2.75) is 131 Å². The minimum absolute atomic E-state index is 0.0263. The number of hydrogen-bond donors (Lipinski definition) is 1. The van der Waals surface area contributed by atoms with Crippen LogP contribution in [-0.4, -0.2) is 80.1 Å². The third-order valence-electron chi connectivity index (χ3n) is 19.5. The van der Waals surface area contributed by atoms with Crippen molar-refractivity contribution in [3.63, 3.8) is 0 Å². The normalized spacial score (nSPS) is 40.0. The summed E-state index contributed by atoms with van der Waals surface area (Å²) in [7, 11) is -2.87. The monoisotopic (exact) mass is 886 g/mol. The van der Waals surface area contributed by atoms with Gasteiger partial charge in [0.2, 0.25) is 5.88 Å². The molecule has 1 N–H and O–H groups in total. The first-order chi connectivity index (χ1) is 29.4. The van der Waals surface area contributed by atoms with Crippen LogP contribution in [0.15, 0.2) is 59.7 Å². The maximum atomic E-state index is 13.7. The van der Waals surface area contributed by atoms with E-state index in [-0.39, 0.29) is 39.8 Å². The summed E-state index contributed by atoms with van der Waals surface area (Å²) in [4.78, 5) is 16.1. The molecule has 62 heavy (non-hydrogen) atoms. The fraction of sp³-hybridized carbons (Fsp3) is 0.731. The summed E-state index contributed by atoms with van der Waals surface area (Å²) in [6.45, 7) is 25.9. The Morgan fingerprint density at radius 3 is 2.44 bits per heavy atom. The molecule has 8 nitrogen and oxygen atoms in total. The minimum atomic E-state index is -2.87. The number of fused-ring (bicyclic) bond motifs is 8. The molecule has 4 saturated carbocycles. The molecule has 1 aliphatic heterocycles. The van der Waals surface area contributed by atoms with Crippen LogP contribution in [0.1, 0.15) is 126 Å². The number of carbonyl (C=O) groups is 1. The van der Waals surface area contributed by atoms with Gasteiger partial charge < -0.3 is 19.7 Å². The molecule has 5 unspecified atom stereocenters. The summed E-state index contributed by atoms with van der Waals surface area (Å²) in [5.74, 6) is 4.14. The number of allylic oxidation sites excluding steroid dienone is 5. The number of nitrogens with zero attached hydrogens (tertiary/aromatic N) is 2. The molecular formula is C52H75N3O5S2. The van der Waals surface area contributed by atoms with Gasteiger partial charge in [-0.3, -0.25) is 4.79 Å². The van der Waals surface area contributed by atoms with E-state index in [1.54, 1.807) is 0 Å². The van der Waals surface area contributed by atoms with E-state index in [1.165, 1.54) is 79.6 Å². The summed E-state index contributed by atoms with van der Waals surface area (Å²) in [6, 6.07) is 8.13. The zero-order valence-corrected chi connectivity index (χ0v) is 40.6. The fourth-order valence-electron chi connectivity index (χ4n) is 16.0. The number of hydrogen-bond acceptors (Lipinski definition) is 9. The van der Waals surface area contributed by atoms with Crippen LogP contribution in [0.3, 0.4) is 0 Å². The summed E-state index contributed by atoms with van der Waals surface area (Å²) in [5, 5.41) is 5.24. The van der Waals surface area contributed by atoms with Gasteiger partial charge in [0.1, 0.15) is 12.0 Å². The van der Waals surface area contributed by atoms with Crippen LogP contribution in [-0.2, 0) is 19.4 Å². The lowest BCUT2D eigenvalue weighted by molar-refractivity contribution is -0.221. The first-order valence-electron chi connectivity index (χ1n) is 24.3. The molecule has 0 bridgehead atoms. The van der Waals surface area contributed by atoms with Crippen molar-refractivity contribution in [3.05, 3.63) is 59.7 Å². The maximum Gasteiger partial charge on any atom is 0.315 e. The zero-order chi connectivity index (χ0) is 43.9. The zero-order valence-electron chi connectivity index (χ0n) is 39.0.